The van der Waals surface area contributed by atoms with Gasteiger partial charge in [-0.1, -0.05) is 12.1 Å². The van der Waals surface area contributed by atoms with E-state index in [1.165, 1.54) is 0 Å². The Hall–Kier alpha value is -3.52. The number of rotatable bonds is 4. The summed E-state index contributed by atoms with van der Waals surface area (Å²) in [6.07, 6.45) is 8.76. The lowest BCUT2D eigenvalue weighted by molar-refractivity contribution is 0.500. The smallest absolute Gasteiger partial charge is 0.162 e. The SMILES string of the molecule is C[C@H]1CNCCN1c1cncc(-n2nc(Nc3cnccn3)c3ccccc32)c1. The van der Waals surface area contributed by atoms with Gasteiger partial charge in [-0.15, -0.1) is 5.10 Å². The minimum absolute atomic E-state index is 0.420. The molecular formula is C21H22N8. The molecule has 146 valence electrons. The van der Waals surface area contributed by atoms with Crippen molar-refractivity contribution in [2.75, 3.05) is 29.9 Å². The van der Waals surface area contributed by atoms with Crippen molar-refractivity contribution in [3.05, 3.63) is 61.3 Å². The standard InChI is InChI=1S/C21H22N8/c1-15-11-23-8-9-28(15)16-10-17(13-24-12-16)29-19-5-3-2-4-18(19)21(27-29)26-20-14-22-6-7-25-20/h2-7,10,12-15,23H,8-9,11H2,1H3,(H,25,26,27)/t15-/m0/s1. The summed E-state index contributed by atoms with van der Waals surface area (Å²) >= 11 is 0. The van der Waals surface area contributed by atoms with Gasteiger partial charge in [0, 0.05) is 43.5 Å². The summed E-state index contributed by atoms with van der Waals surface area (Å²) in [6, 6.07) is 10.7. The fraction of sp³-hybridized carbons (Fsp3) is 0.238. The van der Waals surface area contributed by atoms with Crippen molar-refractivity contribution in [3.8, 4) is 5.69 Å². The third kappa shape index (κ3) is 3.38. The van der Waals surface area contributed by atoms with Crippen LogP contribution in [0, 0.1) is 0 Å². The number of hydrogen-bond acceptors (Lipinski definition) is 7. The quantitative estimate of drug-likeness (QED) is 0.558. The maximum Gasteiger partial charge on any atom is 0.162 e. The molecule has 8 heteroatoms. The first-order valence-electron chi connectivity index (χ1n) is 9.73. The van der Waals surface area contributed by atoms with Gasteiger partial charge in [0.25, 0.3) is 0 Å². The highest BCUT2D eigenvalue weighted by Crippen LogP contribution is 2.28. The van der Waals surface area contributed by atoms with Crippen molar-refractivity contribution in [2.24, 2.45) is 0 Å². The number of nitrogens with zero attached hydrogens (tertiary/aromatic N) is 6. The second kappa shape index (κ2) is 7.48. The molecule has 1 fully saturated rings. The molecule has 0 saturated carbocycles. The molecule has 1 atom stereocenters. The Labute approximate surface area is 168 Å². The fourth-order valence-corrected chi connectivity index (χ4v) is 3.75. The lowest BCUT2D eigenvalue weighted by atomic mass is 10.2. The predicted molar refractivity (Wildman–Crippen MR) is 114 cm³/mol. The molecule has 0 bridgehead atoms. The first-order chi connectivity index (χ1) is 14.3. The van der Waals surface area contributed by atoms with Crippen molar-refractivity contribution < 1.29 is 0 Å². The van der Waals surface area contributed by atoms with E-state index >= 15 is 0 Å². The normalized spacial score (nSPS) is 16.9. The van der Waals surface area contributed by atoms with E-state index in [0.29, 0.717) is 11.9 Å². The van der Waals surface area contributed by atoms with Crippen LogP contribution in [0.15, 0.2) is 61.3 Å². The Morgan fingerprint density at radius 2 is 1.97 bits per heavy atom. The van der Waals surface area contributed by atoms with E-state index in [1.807, 2.05) is 35.3 Å². The molecule has 1 aliphatic heterocycles. The van der Waals surface area contributed by atoms with Gasteiger partial charge in [0.05, 0.1) is 35.5 Å². The molecule has 4 heterocycles. The highest BCUT2D eigenvalue weighted by molar-refractivity contribution is 5.92. The number of fused-ring (bicyclic) bond motifs is 1. The number of piperazine rings is 1. The van der Waals surface area contributed by atoms with Crippen LogP contribution in [0.1, 0.15) is 6.92 Å². The van der Waals surface area contributed by atoms with Crippen LogP contribution >= 0.6 is 0 Å². The summed E-state index contributed by atoms with van der Waals surface area (Å²) in [6.45, 7) is 5.14. The minimum Gasteiger partial charge on any atom is -0.365 e. The molecule has 0 unspecified atom stereocenters. The van der Waals surface area contributed by atoms with E-state index in [0.717, 1.165) is 47.7 Å². The molecule has 2 N–H and O–H groups in total. The van der Waals surface area contributed by atoms with Crippen molar-refractivity contribution in [3.63, 3.8) is 0 Å². The third-order valence-electron chi connectivity index (χ3n) is 5.18. The molecule has 5 rings (SSSR count). The van der Waals surface area contributed by atoms with E-state index in [1.54, 1.807) is 18.6 Å². The van der Waals surface area contributed by atoms with Crippen molar-refractivity contribution in [1.29, 1.82) is 0 Å². The maximum atomic E-state index is 4.83. The number of aromatic nitrogens is 5. The molecule has 4 aromatic rings. The highest BCUT2D eigenvalue weighted by atomic mass is 15.3. The van der Waals surface area contributed by atoms with Gasteiger partial charge in [-0.3, -0.25) is 9.97 Å². The second-order valence-corrected chi connectivity index (χ2v) is 7.14. The number of para-hydroxylation sites is 1. The van der Waals surface area contributed by atoms with E-state index in [4.69, 9.17) is 5.10 Å². The summed E-state index contributed by atoms with van der Waals surface area (Å²) in [7, 11) is 0. The van der Waals surface area contributed by atoms with Crippen LogP contribution in [0.4, 0.5) is 17.3 Å². The fourth-order valence-electron chi connectivity index (χ4n) is 3.75. The van der Waals surface area contributed by atoms with Gasteiger partial charge in [-0.25, -0.2) is 9.67 Å². The Morgan fingerprint density at radius 3 is 2.83 bits per heavy atom. The van der Waals surface area contributed by atoms with Crippen LogP contribution in [-0.4, -0.2) is 50.4 Å². The summed E-state index contributed by atoms with van der Waals surface area (Å²) < 4.78 is 1.93. The Bertz CT molecular complexity index is 1120. The largest absolute Gasteiger partial charge is 0.365 e. The molecule has 0 amide bonds. The first-order valence-corrected chi connectivity index (χ1v) is 9.73. The highest BCUT2D eigenvalue weighted by Gasteiger charge is 2.20. The van der Waals surface area contributed by atoms with E-state index < -0.39 is 0 Å². The molecule has 8 nitrogen and oxygen atoms in total. The van der Waals surface area contributed by atoms with Crippen molar-refractivity contribution >= 4 is 28.2 Å². The number of anilines is 3. The average molecular weight is 386 g/mol. The second-order valence-electron chi connectivity index (χ2n) is 7.14. The molecule has 29 heavy (non-hydrogen) atoms. The number of nitrogens with one attached hydrogen (secondary N) is 2. The van der Waals surface area contributed by atoms with Gasteiger partial charge < -0.3 is 15.5 Å². The van der Waals surface area contributed by atoms with Gasteiger partial charge in [-0.2, -0.15) is 0 Å². The van der Waals surface area contributed by atoms with Crippen LogP contribution in [-0.2, 0) is 0 Å². The molecule has 0 aliphatic carbocycles. The summed E-state index contributed by atoms with van der Waals surface area (Å²) in [5.74, 6) is 1.39. The van der Waals surface area contributed by atoms with Crippen LogP contribution in [0.5, 0.6) is 0 Å². The van der Waals surface area contributed by atoms with Crippen LogP contribution in [0.25, 0.3) is 16.6 Å². The minimum atomic E-state index is 0.420. The Kier molecular flexibility index (Phi) is 4.53. The summed E-state index contributed by atoms with van der Waals surface area (Å²) in [5.41, 5.74) is 3.04. The zero-order chi connectivity index (χ0) is 19.6. The van der Waals surface area contributed by atoms with Crippen molar-refractivity contribution in [2.45, 2.75) is 13.0 Å². The number of pyridine rings is 1. The van der Waals surface area contributed by atoms with Gasteiger partial charge in [0.15, 0.2) is 5.82 Å². The van der Waals surface area contributed by atoms with Crippen molar-refractivity contribution in [1.82, 2.24) is 30.0 Å². The summed E-state index contributed by atoms with van der Waals surface area (Å²) in [5, 5.41) is 12.5. The molecule has 1 aromatic carbocycles. The molecule has 0 spiro atoms. The zero-order valence-electron chi connectivity index (χ0n) is 16.2. The topological polar surface area (TPSA) is 83.8 Å². The first kappa shape index (κ1) is 17.6. The van der Waals surface area contributed by atoms with Gasteiger partial charge in [0.2, 0.25) is 0 Å². The van der Waals surface area contributed by atoms with Gasteiger partial charge >= 0.3 is 0 Å². The predicted octanol–water partition coefficient (Wildman–Crippen LogP) is 2.75. The molecular weight excluding hydrogens is 364 g/mol. The number of hydrogen-bond donors (Lipinski definition) is 2. The maximum absolute atomic E-state index is 4.83. The average Bonchev–Trinajstić information content (AvgIpc) is 3.13. The lowest BCUT2D eigenvalue weighted by Gasteiger charge is -2.35. The Balaban J connectivity index is 1.56. The van der Waals surface area contributed by atoms with Gasteiger partial charge in [-0.05, 0) is 25.1 Å². The van der Waals surface area contributed by atoms with E-state index in [-0.39, 0.29) is 0 Å². The van der Waals surface area contributed by atoms with Crippen LogP contribution in [0.2, 0.25) is 0 Å². The number of benzene rings is 1. The molecule has 0 radical (unpaired) electrons. The summed E-state index contributed by atoms with van der Waals surface area (Å²) in [4.78, 5) is 15.3. The molecule has 1 saturated heterocycles. The monoisotopic (exact) mass is 386 g/mol. The molecule has 1 aliphatic rings. The Morgan fingerprint density at radius 1 is 1.07 bits per heavy atom. The van der Waals surface area contributed by atoms with Crippen LogP contribution < -0.4 is 15.5 Å². The van der Waals surface area contributed by atoms with Gasteiger partial charge in [0.1, 0.15) is 5.82 Å². The van der Waals surface area contributed by atoms with E-state index in [2.05, 4.69) is 49.5 Å². The lowest BCUT2D eigenvalue weighted by Crippen LogP contribution is -2.50. The zero-order valence-corrected chi connectivity index (χ0v) is 16.2. The van der Waals surface area contributed by atoms with Crippen LogP contribution in [0.3, 0.4) is 0 Å². The van der Waals surface area contributed by atoms with E-state index in [9.17, 15) is 0 Å². The third-order valence-corrected chi connectivity index (χ3v) is 5.18. The molecule has 3 aromatic heterocycles.